The van der Waals surface area contributed by atoms with Crippen LogP contribution in [0, 0.1) is 13.0 Å². The largest absolute Gasteiger partial charge is 0.261 e. The van der Waals surface area contributed by atoms with Crippen molar-refractivity contribution in [2.45, 2.75) is 6.92 Å². The molecule has 0 aliphatic heterocycles. The second-order valence-electron chi connectivity index (χ2n) is 2.96. The fourth-order valence-electron chi connectivity index (χ4n) is 1.20. The van der Waals surface area contributed by atoms with E-state index in [1.807, 2.05) is 43.5 Å². The van der Waals surface area contributed by atoms with Gasteiger partial charge in [-0.15, -0.1) is 0 Å². The van der Waals surface area contributed by atoms with E-state index in [4.69, 9.17) is 0 Å². The van der Waals surface area contributed by atoms with Crippen molar-refractivity contribution in [1.82, 2.24) is 4.98 Å². The number of aromatic nitrogens is 1. The zero-order valence-electron chi connectivity index (χ0n) is 7.49. The number of rotatable bonds is 1. The van der Waals surface area contributed by atoms with E-state index in [9.17, 15) is 0 Å². The number of pyridine rings is 1. The fourth-order valence-corrected chi connectivity index (χ4v) is 1.20. The quantitative estimate of drug-likeness (QED) is 0.638. The first-order valence-corrected chi connectivity index (χ1v) is 4.26. The van der Waals surface area contributed by atoms with Gasteiger partial charge < -0.3 is 0 Å². The summed E-state index contributed by atoms with van der Waals surface area (Å²) in [6.07, 6.45) is 1.88. The maximum absolute atomic E-state index is 4.24. The molecule has 0 N–H and O–H groups in total. The van der Waals surface area contributed by atoms with E-state index in [0.29, 0.717) is 0 Å². The standard InChI is InChI=1S/C12H10N/c1-10-7-8-12(9-13-10)11-5-3-2-4-6-11/h2-5,7-9H,1H3. The summed E-state index contributed by atoms with van der Waals surface area (Å²) >= 11 is 0. The summed E-state index contributed by atoms with van der Waals surface area (Å²) in [5.41, 5.74) is 3.25. The molecule has 0 amide bonds. The Hall–Kier alpha value is -1.63. The second kappa shape index (κ2) is 3.40. The van der Waals surface area contributed by atoms with Crippen LogP contribution in [0.25, 0.3) is 11.1 Å². The highest BCUT2D eigenvalue weighted by Crippen LogP contribution is 2.16. The lowest BCUT2D eigenvalue weighted by Gasteiger charge is -1.99. The van der Waals surface area contributed by atoms with Gasteiger partial charge in [0.2, 0.25) is 0 Å². The third kappa shape index (κ3) is 1.75. The zero-order valence-corrected chi connectivity index (χ0v) is 7.49. The summed E-state index contributed by atoms with van der Waals surface area (Å²) in [5.74, 6) is 0. The Balaban J connectivity index is 2.42. The molecule has 63 valence electrons. The molecule has 0 saturated carbocycles. The molecule has 1 aromatic heterocycles. The van der Waals surface area contributed by atoms with E-state index in [2.05, 4.69) is 17.1 Å². The van der Waals surface area contributed by atoms with Gasteiger partial charge >= 0.3 is 0 Å². The van der Waals surface area contributed by atoms with Gasteiger partial charge in [-0.2, -0.15) is 0 Å². The molecule has 0 saturated heterocycles. The van der Waals surface area contributed by atoms with Crippen molar-refractivity contribution < 1.29 is 0 Å². The molecular weight excluding hydrogens is 158 g/mol. The lowest BCUT2D eigenvalue weighted by Crippen LogP contribution is -1.82. The predicted molar refractivity (Wildman–Crippen MR) is 53.2 cm³/mol. The van der Waals surface area contributed by atoms with Crippen LogP contribution in [0.15, 0.2) is 42.6 Å². The van der Waals surface area contributed by atoms with Gasteiger partial charge in [-0.25, -0.2) is 0 Å². The third-order valence-corrected chi connectivity index (χ3v) is 1.93. The van der Waals surface area contributed by atoms with Crippen LogP contribution in [-0.2, 0) is 0 Å². The topological polar surface area (TPSA) is 12.9 Å². The second-order valence-corrected chi connectivity index (χ2v) is 2.96. The molecule has 0 bridgehead atoms. The SMILES string of the molecule is Cc1ccc(-c2[c]cccc2)cn1. The monoisotopic (exact) mass is 168 g/mol. The fraction of sp³-hybridized carbons (Fsp3) is 0.0833. The van der Waals surface area contributed by atoms with Crippen molar-refractivity contribution in [2.24, 2.45) is 0 Å². The molecular formula is C12H10N. The molecule has 0 fully saturated rings. The van der Waals surface area contributed by atoms with E-state index < -0.39 is 0 Å². The van der Waals surface area contributed by atoms with Crippen LogP contribution < -0.4 is 0 Å². The van der Waals surface area contributed by atoms with Crippen LogP contribution in [0.3, 0.4) is 0 Å². The Morgan fingerprint density at radius 1 is 1.15 bits per heavy atom. The van der Waals surface area contributed by atoms with Crippen molar-refractivity contribution >= 4 is 0 Å². The summed E-state index contributed by atoms with van der Waals surface area (Å²) in [7, 11) is 0. The summed E-state index contributed by atoms with van der Waals surface area (Å²) in [6.45, 7) is 1.98. The minimum absolute atomic E-state index is 1.04. The third-order valence-electron chi connectivity index (χ3n) is 1.93. The zero-order chi connectivity index (χ0) is 9.10. The molecule has 0 aliphatic carbocycles. The van der Waals surface area contributed by atoms with Gasteiger partial charge in [0.1, 0.15) is 0 Å². The van der Waals surface area contributed by atoms with Crippen molar-refractivity contribution in [3.05, 3.63) is 54.4 Å². The molecule has 1 aromatic carbocycles. The maximum Gasteiger partial charge on any atom is 0.0373 e. The van der Waals surface area contributed by atoms with Gasteiger partial charge in [-0.1, -0.05) is 30.3 Å². The predicted octanol–water partition coefficient (Wildman–Crippen LogP) is 2.86. The molecule has 1 heteroatoms. The van der Waals surface area contributed by atoms with Gasteiger partial charge in [0.25, 0.3) is 0 Å². The van der Waals surface area contributed by atoms with Gasteiger partial charge in [0, 0.05) is 17.5 Å². The van der Waals surface area contributed by atoms with Crippen molar-refractivity contribution in [3.63, 3.8) is 0 Å². The molecule has 13 heavy (non-hydrogen) atoms. The first-order chi connectivity index (χ1) is 6.36. The maximum atomic E-state index is 4.24. The number of benzene rings is 1. The highest BCUT2D eigenvalue weighted by atomic mass is 14.7. The van der Waals surface area contributed by atoms with Crippen LogP contribution in [0.5, 0.6) is 0 Å². The van der Waals surface area contributed by atoms with Gasteiger partial charge in [0.05, 0.1) is 0 Å². The smallest absolute Gasteiger partial charge is 0.0373 e. The van der Waals surface area contributed by atoms with Crippen LogP contribution in [0.4, 0.5) is 0 Å². The highest BCUT2D eigenvalue weighted by molar-refractivity contribution is 5.61. The molecule has 1 heterocycles. The van der Waals surface area contributed by atoms with E-state index in [0.717, 1.165) is 16.8 Å². The Morgan fingerprint density at radius 3 is 2.69 bits per heavy atom. The Labute approximate surface area is 78.1 Å². The van der Waals surface area contributed by atoms with E-state index in [1.54, 1.807) is 0 Å². The molecule has 2 rings (SSSR count). The average molecular weight is 168 g/mol. The van der Waals surface area contributed by atoms with Gasteiger partial charge in [0.15, 0.2) is 0 Å². The highest BCUT2D eigenvalue weighted by Gasteiger charge is 1.95. The lowest BCUT2D eigenvalue weighted by molar-refractivity contribution is 1.20. The molecule has 1 nitrogen and oxygen atoms in total. The Kier molecular flexibility index (Phi) is 2.09. The summed E-state index contributed by atoms with van der Waals surface area (Å²) in [6, 6.07) is 15.2. The van der Waals surface area contributed by atoms with Crippen LogP contribution in [0.1, 0.15) is 5.69 Å². The number of hydrogen-bond donors (Lipinski definition) is 0. The van der Waals surface area contributed by atoms with Crippen LogP contribution >= 0.6 is 0 Å². The first kappa shape index (κ1) is 7.99. The number of nitrogens with zero attached hydrogens (tertiary/aromatic N) is 1. The van der Waals surface area contributed by atoms with Crippen LogP contribution in [-0.4, -0.2) is 4.98 Å². The number of hydrogen-bond acceptors (Lipinski definition) is 1. The number of aryl methyl sites for hydroxylation is 1. The molecule has 2 aromatic rings. The Bertz CT molecular complexity index is 376. The summed E-state index contributed by atoms with van der Waals surface area (Å²) in [4.78, 5) is 4.24. The van der Waals surface area contributed by atoms with Crippen molar-refractivity contribution in [2.75, 3.05) is 0 Å². The molecule has 0 atom stereocenters. The molecule has 0 aliphatic rings. The van der Waals surface area contributed by atoms with E-state index >= 15 is 0 Å². The first-order valence-electron chi connectivity index (χ1n) is 4.26. The minimum atomic E-state index is 1.04. The van der Waals surface area contributed by atoms with Crippen molar-refractivity contribution in [1.29, 1.82) is 0 Å². The van der Waals surface area contributed by atoms with E-state index in [-0.39, 0.29) is 0 Å². The van der Waals surface area contributed by atoms with Crippen molar-refractivity contribution in [3.8, 4) is 11.1 Å². The normalized spacial score (nSPS) is 9.92. The van der Waals surface area contributed by atoms with Crippen LogP contribution in [0.2, 0.25) is 0 Å². The summed E-state index contributed by atoms with van der Waals surface area (Å²) in [5, 5.41) is 0. The average Bonchev–Trinajstić information content (AvgIpc) is 2.20. The Morgan fingerprint density at radius 2 is 2.08 bits per heavy atom. The molecule has 1 radical (unpaired) electrons. The van der Waals surface area contributed by atoms with Gasteiger partial charge in [-0.3, -0.25) is 4.98 Å². The van der Waals surface area contributed by atoms with E-state index in [1.165, 1.54) is 0 Å². The molecule has 0 spiro atoms. The lowest BCUT2D eigenvalue weighted by atomic mass is 10.1. The molecule has 0 unspecified atom stereocenters. The van der Waals surface area contributed by atoms with Gasteiger partial charge in [-0.05, 0) is 24.6 Å². The minimum Gasteiger partial charge on any atom is -0.261 e. The summed E-state index contributed by atoms with van der Waals surface area (Å²) < 4.78 is 0.